The maximum absolute atomic E-state index is 15.9. The number of nitrogens with zero attached hydrogens (tertiary/aromatic N) is 6. The number of ether oxygens (including phenoxy) is 1. The number of nitriles is 1. The summed E-state index contributed by atoms with van der Waals surface area (Å²) in [7, 11) is 0. The standard InChI is InChI=1S/C45H41F4N7O7S/c1-43(2)41(62)54(26-4-3-25(21-50)31(17-26)45(47,48)49)42(64)56(43)27-5-6-28(33(46)18-27)38(59)53-13-9-24(10-14-53)22-52-15-11-44(12-16-52)23-63-35-20-30-29(19-32(35)44)39(60)55(40(30)61)34-7-8-36(57)51-37(34)58/h3-6,17-20,24,34H,7-16,22-23H2,1-2H3,(H,51,57,58). The highest BCUT2D eigenvalue weighted by Crippen LogP contribution is 2.48. The number of rotatable bonds is 6. The van der Waals surface area contributed by atoms with Crippen LogP contribution in [0.5, 0.6) is 5.75 Å². The van der Waals surface area contributed by atoms with E-state index in [1.54, 1.807) is 17.0 Å². The first kappa shape index (κ1) is 43.0. The minimum Gasteiger partial charge on any atom is -0.492 e. The Morgan fingerprint density at radius 2 is 1.59 bits per heavy atom. The molecule has 4 fully saturated rings. The Morgan fingerprint density at radius 1 is 0.922 bits per heavy atom. The fraction of sp³-hybridized carbons (Fsp3) is 0.422. The summed E-state index contributed by atoms with van der Waals surface area (Å²) in [5.74, 6) is -3.41. The van der Waals surface area contributed by atoms with Crippen molar-refractivity contribution in [2.75, 3.05) is 49.1 Å². The largest absolute Gasteiger partial charge is 0.492 e. The van der Waals surface area contributed by atoms with Crippen LogP contribution in [-0.4, -0.2) is 106 Å². The van der Waals surface area contributed by atoms with Crippen molar-refractivity contribution in [3.8, 4) is 11.8 Å². The van der Waals surface area contributed by atoms with Gasteiger partial charge in [0, 0.05) is 42.7 Å². The Bertz CT molecular complexity index is 2630. The second kappa shape index (κ2) is 15.5. The minimum atomic E-state index is -4.87. The number of piperidine rings is 3. The SMILES string of the molecule is CC1(C)C(=O)N(c2ccc(C#N)c(C(F)(F)F)c2)C(=S)N1c1ccc(C(=O)N2CCC(CN3CCC4(CC3)COc3cc5c(cc34)C(=O)N(C3CCC(=O)NC3=O)C5=O)CC2)c(F)c1. The van der Waals surface area contributed by atoms with Crippen LogP contribution in [0, 0.1) is 23.1 Å². The molecule has 1 atom stereocenters. The number of nitrogens with one attached hydrogen (secondary N) is 1. The average molecular weight is 900 g/mol. The number of carbonyl (C=O) groups is 6. The van der Waals surface area contributed by atoms with Gasteiger partial charge in [-0.3, -0.25) is 43.9 Å². The van der Waals surface area contributed by atoms with Gasteiger partial charge in [0.15, 0.2) is 5.11 Å². The molecule has 14 nitrogen and oxygen atoms in total. The smallest absolute Gasteiger partial charge is 0.417 e. The molecule has 332 valence electrons. The van der Waals surface area contributed by atoms with Gasteiger partial charge in [0.25, 0.3) is 23.6 Å². The summed E-state index contributed by atoms with van der Waals surface area (Å²) in [6.45, 7) is 6.56. The van der Waals surface area contributed by atoms with Gasteiger partial charge in [-0.2, -0.15) is 18.4 Å². The first-order valence-corrected chi connectivity index (χ1v) is 21.4. The van der Waals surface area contributed by atoms with E-state index in [-0.39, 0.29) is 57.4 Å². The molecular weight excluding hydrogens is 859 g/mol. The van der Waals surface area contributed by atoms with Gasteiger partial charge in [-0.1, -0.05) is 0 Å². The summed E-state index contributed by atoms with van der Waals surface area (Å²) < 4.78 is 63.3. The Hall–Kier alpha value is -6.26. The minimum absolute atomic E-state index is 0.0331. The number of alkyl halides is 3. The van der Waals surface area contributed by atoms with Gasteiger partial charge in [0.05, 0.1) is 46.2 Å². The average Bonchev–Trinajstić information content (AvgIpc) is 3.79. The molecule has 1 N–H and O–H groups in total. The first-order chi connectivity index (χ1) is 30.3. The number of amides is 6. The van der Waals surface area contributed by atoms with E-state index in [9.17, 15) is 47.2 Å². The van der Waals surface area contributed by atoms with E-state index in [2.05, 4.69) is 10.2 Å². The second-order valence-electron chi connectivity index (χ2n) is 17.8. The van der Waals surface area contributed by atoms with Crippen molar-refractivity contribution in [2.24, 2.45) is 5.92 Å². The molecule has 6 amide bonds. The maximum Gasteiger partial charge on any atom is 0.417 e. The lowest BCUT2D eigenvalue weighted by Gasteiger charge is -2.41. The van der Waals surface area contributed by atoms with E-state index in [0.29, 0.717) is 44.4 Å². The van der Waals surface area contributed by atoms with Crippen LogP contribution in [0.15, 0.2) is 48.5 Å². The van der Waals surface area contributed by atoms with Crippen LogP contribution in [0.3, 0.4) is 0 Å². The van der Waals surface area contributed by atoms with Crippen LogP contribution in [0.2, 0.25) is 0 Å². The molecule has 0 bridgehead atoms. The number of fused-ring (bicyclic) bond motifs is 3. The van der Waals surface area contributed by atoms with E-state index in [4.69, 9.17) is 17.0 Å². The summed E-state index contributed by atoms with van der Waals surface area (Å²) in [6, 6.07) is 10.5. The molecule has 3 aromatic rings. The predicted molar refractivity (Wildman–Crippen MR) is 224 cm³/mol. The highest BCUT2D eigenvalue weighted by atomic mass is 32.1. The van der Waals surface area contributed by atoms with Crippen molar-refractivity contribution < 1.29 is 51.1 Å². The van der Waals surface area contributed by atoms with Crippen molar-refractivity contribution in [1.82, 2.24) is 20.0 Å². The topological polar surface area (TPSA) is 164 Å². The Kier molecular flexibility index (Phi) is 10.4. The molecule has 3 aromatic carbocycles. The number of halogens is 4. The Balaban J connectivity index is 0.807. The normalized spacial score (nSPS) is 22.2. The van der Waals surface area contributed by atoms with Gasteiger partial charge in [0.2, 0.25) is 11.8 Å². The quantitative estimate of drug-likeness (QED) is 0.194. The number of carbonyl (C=O) groups excluding carboxylic acids is 6. The van der Waals surface area contributed by atoms with Crippen molar-refractivity contribution in [3.63, 3.8) is 0 Å². The van der Waals surface area contributed by atoms with E-state index in [1.807, 2.05) is 0 Å². The fourth-order valence-corrected chi connectivity index (χ4v) is 10.6. The van der Waals surface area contributed by atoms with Crippen molar-refractivity contribution in [2.45, 2.75) is 75.5 Å². The van der Waals surface area contributed by atoms with Gasteiger partial charge in [-0.25, -0.2) is 4.39 Å². The molecule has 6 aliphatic heterocycles. The molecule has 0 aliphatic carbocycles. The van der Waals surface area contributed by atoms with Gasteiger partial charge in [-0.05, 0) is 126 Å². The van der Waals surface area contributed by atoms with Gasteiger partial charge < -0.3 is 19.4 Å². The predicted octanol–water partition coefficient (Wildman–Crippen LogP) is 5.31. The summed E-state index contributed by atoms with van der Waals surface area (Å²) >= 11 is 5.58. The Morgan fingerprint density at radius 3 is 2.23 bits per heavy atom. The molecule has 0 aromatic heterocycles. The molecule has 6 heterocycles. The van der Waals surface area contributed by atoms with Gasteiger partial charge in [-0.15, -0.1) is 0 Å². The number of anilines is 2. The molecular formula is C45H41F4N7O7S. The molecule has 9 rings (SSSR count). The highest BCUT2D eigenvalue weighted by Gasteiger charge is 2.52. The zero-order chi connectivity index (χ0) is 45.6. The molecule has 1 spiro atoms. The zero-order valence-electron chi connectivity index (χ0n) is 34.7. The van der Waals surface area contributed by atoms with Crippen LogP contribution in [0.4, 0.5) is 28.9 Å². The van der Waals surface area contributed by atoms with E-state index < -0.39 is 70.1 Å². The number of imide groups is 2. The number of thiocarbonyl (C=S) groups is 1. The third-order valence-electron chi connectivity index (χ3n) is 13.6. The van der Waals surface area contributed by atoms with Crippen LogP contribution in [0.25, 0.3) is 0 Å². The number of hydrogen-bond acceptors (Lipinski definition) is 10. The lowest BCUT2D eigenvalue weighted by molar-refractivity contribution is -0.138. The zero-order valence-corrected chi connectivity index (χ0v) is 35.5. The first-order valence-electron chi connectivity index (χ1n) is 21.0. The molecule has 0 saturated carbocycles. The molecule has 1 unspecified atom stereocenters. The highest BCUT2D eigenvalue weighted by molar-refractivity contribution is 7.81. The van der Waals surface area contributed by atoms with Crippen LogP contribution in [0.1, 0.15) is 100 Å². The number of benzene rings is 3. The summed E-state index contributed by atoms with van der Waals surface area (Å²) in [4.78, 5) is 85.6. The molecule has 64 heavy (non-hydrogen) atoms. The molecule has 19 heteroatoms. The van der Waals surface area contributed by atoms with Crippen LogP contribution >= 0.6 is 12.2 Å². The number of likely N-dealkylation sites (tertiary alicyclic amines) is 2. The van der Waals surface area contributed by atoms with Crippen LogP contribution in [-0.2, 0) is 26.0 Å². The van der Waals surface area contributed by atoms with Crippen molar-refractivity contribution >= 4 is 64.1 Å². The Labute approximate surface area is 369 Å². The molecule has 4 saturated heterocycles. The van der Waals surface area contributed by atoms with E-state index >= 15 is 4.39 Å². The van der Waals surface area contributed by atoms with Gasteiger partial charge >= 0.3 is 6.18 Å². The molecule has 0 radical (unpaired) electrons. The summed E-state index contributed by atoms with van der Waals surface area (Å²) in [6.07, 6.45) is -1.86. The lowest BCUT2D eigenvalue weighted by atomic mass is 9.73. The summed E-state index contributed by atoms with van der Waals surface area (Å²) in [5.41, 5.74) is -2.59. The maximum atomic E-state index is 15.9. The van der Waals surface area contributed by atoms with Crippen molar-refractivity contribution in [1.29, 1.82) is 5.26 Å². The van der Waals surface area contributed by atoms with Gasteiger partial charge in [0.1, 0.15) is 23.1 Å². The monoisotopic (exact) mass is 899 g/mol. The van der Waals surface area contributed by atoms with E-state index in [0.717, 1.165) is 60.0 Å². The fourth-order valence-electron chi connectivity index (χ4n) is 10.0. The number of hydrogen-bond donors (Lipinski definition) is 1. The third-order valence-corrected chi connectivity index (χ3v) is 14.0. The molecule has 6 aliphatic rings. The van der Waals surface area contributed by atoms with E-state index in [1.165, 1.54) is 43.0 Å². The lowest BCUT2D eigenvalue weighted by Crippen LogP contribution is -2.54. The third kappa shape index (κ3) is 6.98. The summed E-state index contributed by atoms with van der Waals surface area (Å²) in [5, 5.41) is 11.2. The van der Waals surface area contributed by atoms with Crippen LogP contribution < -0.4 is 19.9 Å². The second-order valence-corrected chi connectivity index (χ2v) is 18.1. The van der Waals surface area contributed by atoms with Crippen molar-refractivity contribution in [3.05, 3.63) is 87.7 Å².